The molecule has 0 N–H and O–H groups in total. The quantitative estimate of drug-likeness (QED) is 0.719. The van der Waals surface area contributed by atoms with Gasteiger partial charge in [-0.15, -0.1) is 0 Å². The Bertz CT molecular complexity index is 254. The molecule has 0 aromatic heterocycles. The van der Waals surface area contributed by atoms with Gasteiger partial charge in [0.25, 0.3) is 0 Å². The molecule has 0 spiro atoms. The summed E-state index contributed by atoms with van der Waals surface area (Å²) in [5, 5.41) is 0. The van der Waals surface area contributed by atoms with Gasteiger partial charge in [0.05, 0.1) is 6.61 Å². The number of hydrogen-bond acceptors (Lipinski definition) is 1. The summed E-state index contributed by atoms with van der Waals surface area (Å²) in [5.41, 5.74) is 4.06. The van der Waals surface area contributed by atoms with Crippen LogP contribution in [-0.4, -0.2) is 7.11 Å². The third kappa shape index (κ3) is 6.62. The molecule has 0 saturated carbocycles. The van der Waals surface area contributed by atoms with Gasteiger partial charge in [-0.1, -0.05) is 52.8 Å². The van der Waals surface area contributed by atoms with Crippen molar-refractivity contribution in [2.24, 2.45) is 0 Å². The Hall–Kier alpha value is -0.820. The zero-order valence-electron chi connectivity index (χ0n) is 12.1. The molecule has 0 heterocycles. The van der Waals surface area contributed by atoms with Crippen LogP contribution in [0.2, 0.25) is 0 Å². The molecule has 0 unspecified atom stereocenters. The second-order valence-corrected chi connectivity index (χ2v) is 3.05. The molecule has 1 rings (SSSR count). The molecule has 94 valence electrons. The maximum Gasteiger partial charge on any atom is 0.0713 e. The monoisotopic (exact) mass is 224 g/mol. The molecular weight excluding hydrogens is 196 g/mol. The van der Waals surface area contributed by atoms with Gasteiger partial charge in [-0.05, 0) is 30.0 Å². The highest BCUT2D eigenvalue weighted by Gasteiger charge is 1.97. The van der Waals surface area contributed by atoms with E-state index in [0.29, 0.717) is 6.61 Å². The summed E-state index contributed by atoms with van der Waals surface area (Å²) in [6, 6.07) is 6.50. The topological polar surface area (TPSA) is 9.23 Å². The summed E-state index contributed by atoms with van der Waals surface area (Å²) in [4.78, 5) is 0. The number of methoxy groups -OCH3 is 1. The molecule has 1 nitrogen and oxygen atoms in total. The second kappa shape index (κ2) is 12.3. The average Bonchev–Trinajstić information content (AvgIpc) is 2.37. The minimum atomic E-state index is 0.716. The molecule has 0 fully saturated rings. The first-order valence-corrected chi connectivity index (χ1v) is 6.35. The molecule has 1 heteroatoms. The van der Waals surface area contributed by atoms with E-state index in [1.165, 1.54) is 16.7 Å². The number of ether oxygens (including phenoxy) is 1. The summed E-state index contributed by atoms with van der Waals surface area (Å²) >= 11 is 0. The van der Waals surface area contributed by atoms with E-state index >= 15 is 0 Å². The number of rotatable bonds is 3. The van der Waals surface area contributed by atoms with Crippen LogP contribution in [0.5, 0.6) is 0 Å². The van der Waals surface area contributed by atoms with Gasteiger partial charge in [0, 0.05) is 7.11 Å². The highest BCUT2D eigenvalue weighted by molar-refractivity contribution is 5.30. The van der Waals surface area contributed by atoms with E-state index < -0.39 is 0 Å². The first-order valence-electron chi connectivity index (χ1n) is 6.35. The van der Waals surface area contributed by atoms with Crippen LogP contribution < -0.4 is 0 Å². The van der Waals surface area contributed by atoms with Crippen molar-refractivity contribution < 1.29 is 4.74 Å². The fraction of sp³-hybridized carbons (Fsp3) is 0.600. The van der Waals surface area contributed by atoms with Crippen molar-refractivity contribution in [3.63, 3.8) is 0 Å². The van der Waals surface area contributed by atoms with Crippen molar-refractivity contribution in [3.05, 3.63) is 34.9 Å². The molecule has 0 radical (unpaired) electrons. The van der Waals surface area contributed by atoms with Crippen molar-refractivity contribution >= 4 is 0 Å². The Balaban J connectivity index is 0. The number of benzene rings is 1. The molecule has 0 aliphatic carbocycles. The van der Waals surface area contributed by atoms with Crippen molar-refractivity contribution in [1.29, 1.82) is 0 Å². The van der Waals surface area contributed by atoms with E-state index in [9.17, 15) is 0 Å². The van der Waals surface area contributed by atoms with E-state index in [0.717, 1.165) is 6.42 Å². The lowest BCUT2D eigenvalue weighted by Crippen LogP contribution is -1.92. The smallest absolute Gasteiger partial charge is 0.0713 e. The predicted molar refractivity (Wildman–Crippen MR) is 74.0 cm³/mol. The largest absolute Gasteiger partial charge is 0.380 e. The lowest BCUT2D eigenvalue weighted by atomic mass is 10.0. The first-order chi connectivity index (χ1) is 7.77. The van der Waals surface area contributed by atoms with Crippen LogP contribution >= 0.6 is 0 Å². The minimum absolute atomic E-state index is 0.716. The Kier molecular flexibility index (Phi) is 13.5. The lowest BCUT2D eigenvalue weighted by molar-refractivity contribution is 0.185. The number of aryl methyl sites for hydroxylation is 2. The average molecular weight is 224 g/mol. The third-order valence-corrected chi connectivity index (χ3v) is 2.11. The fourth-order valence-corrected chi connectivity index (χ4v) is 1.36. The van der Waals surface area contributed by atoms with Crippen molar-refractivity contribution in [3.8, 4) is 0 Å². The summed E-state index contributed by atoms with van der Waals surface area (Å²) in [7, 11) is 1.73. The van der Waals surface area contributed by atoms with Crippen LogP contribution in [0, 0.1) is 6.92 Å². The summed E-state index contributed by atoms with van der Waals surface area (Å²) in [5.74, 6) is 0. The summed E-state index contributed by atoms with van der Waals surface area (Å²) < 4.78 is 5.07. The molecule has 1 aromatic carbocycles. The van der Waals surface area contributed by atoms with Gasteiger partial charge in [0.2, 0.25) is 0 Å². The molecule has 0 atom stereocenters. The van der Waals surface area contributed by atoms with Gasteiger partial charge in [-0.2, -0.15) is 0 Å². The van der Waals surface area contributed by atoms with E-state index in [1.54, 1.807) is 7.11 Å². The molecular formula is C15H28O. The van der Waals surface area contributed by atoms with E-state index in [-0.39, 0.29) is 0 Å². The predicted octanol–water partition coefficient (Wildman–Crippen LogP) is 4.76. The van der Waals surface area contributed by atoms with Crippen LogP contribution in [0.3, 0.4) is 0 Å². The van der Waals surface area contributed by atoms with Crippen LogP contribution in [0.4, 0.5) is 0 Å². The lowest BCUT2D eigenvalue weighted by Gasteiger charge is -2.05. The Labute approximate surface area is 102 Å². The molecule has 0 aliphatic rings. The summed E-state index contributed by atoms with van der Waals surface area (Å²) in [6.45, 7) is 13.0. The Morgan fingerprint density at radius 2 is 1.62 bits per heavy atom. The van der Waals surface area contributed by atoms with Crippen molar-refractivity contribution in [1.82, 2.24) is 0 Å². The molecule has 1 aromatic rings. The van der Waals surface area contributed by atoms with Crippen molar-refractivity contribution in [2.45, 2.75) is 54.6 Å². The molecule has 0 amide bonds. The minimum Gasteiger partial charge on any atom is -0.380 e. The van der Waals surface area contributed by atoms with Crippen LogP contribution in [0.25, 0.3) is 0 Å². The van der Waals surface area contributed by atoms with E-state index in [4.69, 9.17) is 4.74 Å². The molecule has 0 saturated heterocycles. The van der Waals surface area contributed by atoms with Gasteiger partial charge in [-0.3, -0.25) is 0 Å². The maximum absolute atomic E-state index is 5.07. The highest BCUT2D eigenvalue weighted by atomic mass is 16.5. The standard InChI is InChI=1S/C11H16O.2C2H6/c1-4-11-7-10(8-12-3)6-5-9(11)2;2*1-2/h5-7H,4,8H2,1-3H3;2*1-2H3. The van der Waals surface area contributed by atoms with Gasteiger partial charge in [0.15, 0.2) is 0 Å². The van der Waals surface area contributed by atoms with Gasteiger partial charge < -0.3 is 4.74 Å². The van der Waals surface area contributed by atoms with Crippen LogP contribution in [0.15, 0.2) is 18.2 Å². The van der Waals surface area contributed by atoms with Gasteiger partial charge in [-0.25, -0.2) is 0 Å². The zero-order valence-corrected chi connectivity index (χ0v) is 12.1. The maximum atomic E-state index is 5.07. The normalized spacial score (nSPS) is 8.44. The summed E-state index contributed by atoms with van der Waals surface area (Å²) in [6.07, 6.45) is 1.10. The van der Waals surface area contributed by atoms with E-state index in [2.05, 4.69) is 32.0 Å². The second-order valence-electron chi connectivity index (χ2n) is 3.05. The highest BCUT2D eigenvalue weighted by Crippen LogP contribution is 2.12. The fourth-order valence-electron chi connectivity index (χ4n) is 1.36. The molecule has 16 heavy (non-hydrogen) atoms. The molecule has 0 aliphatic heterocycles. The first kappa shape index (κ1) is 17.6. The van der Waals surface area contributed by atoms with Gasteiger partial charge >= 0.3 is 0 Å². The van der Waals surface area contributed by atoms with Crippen LogP contribution in [-0.2, 0) is 17.8 Å². The Morgan fingerprint density at radius 1 is 1.06 bits per heavy atom. The SMILES string of the molecule is CC.CC.CCc1cc(COC)ccc1C. The Morgan fingerprint density at radius 3 is 2.06 bits per heavy atom. The van der Waals surface area contributed by atoms with Crippen LogP contribution in [0.1, 0.15) is 51.3 Å². The third-order valence-electron chi connectivity index (χ3n) is 2.11. The molecule has 0 bridgehead atoms. The van der Waals surface area contributed by atoms with Gasteiger partial charge in [0.1, 0.15) is 0 Å². The van der Waals surface area contributed by atoms with Crippen molar-refractivity contribution in [2.75, 3.05) is 7.11 Å². The van der Waals surface area contributed by atoms with E-state index in [1.807, 2.05) is 27.7 Å². The number of hydrogen-bond donors (Lipinski definition) is 0. The zero-order chi connectivity index (χ0) is 13.0.